The molecule has 0 spiro atoms. The van der Waals surface area contributed by atoms with Crippen molar-refractivity contribution in [2.75, 3.05) is 19.5 Å². The Morgan fingerprint density at radius 2 is 1.69 bits per heavy atom. The minimum absolute atomic E-state index is 0.0149. The normalized spacial score (nSPS) is 12.4. The second kappa shape index (κ2) is 8.26. The number of ether oxygens (including phenoxy) is 2. The highest BCUT2D eigenvalue weighted by molar-refractivity contribution is 5.91. The molecule has 0 aromatic heterocycles. The van der Waals surface area contributed by atoms with Crippen LogP contribution in [0.1, 0.15) is 51.2 Å². The summed E-state index contributed by atoms with van der Waals surface area (Å²) in [5.41, 5.74) is 3.15. The smallest absolute Gasteiger partial charge is 0.224 e. The fourth-order valence-corrected chi connectivity index (χ4v) is 2.88. The third-order valence-electron chi connectivity index (χ3n) is 4.50. The number of hydrogen-bond donors (Lipinski definition) is 1. The Bertz CT molecular complexity index is 745. The molecule has 1 unspecified atom stereocenters. The Labute approximate surface area is 156 Å². The van der Waals surface area contributed by atoms with Gasteiger partial charge in [0.25, 0.3) is 0 Å². The van der Waals surface area contributed by atoms with E-state index < -0.39 is 0 Å². The summed E-state index contributed by atoms with van der Waals surface area (Å²) in [6, 6.07) is 13.7. The zero-order valence-corrected chi connectivity index (χ0v) is 16.6. The number of amides is 1. The number of methoxy groups -OCH3 is 2. The van der Waals surface area contributed by atoms with Gasteiger partial charge in [-0.1, -0.05) is 45.9 Å². The third kappa shape index (κ3) is 5.01. The van der Waals surface area contributed by atoms with Gasteiger partial charge in [-0.05, 0) is 40.7 Å². The molecule has 26 heavy (non-hydrogen) atoms. The maximum atomic E-state index is 12.4. The van der Waals surface area contributed by atoms with Crippen molar-refractivity contribution in [3.05, 3.63) is 53.6 Å². The maximum absolute atomic E-state index is 12.4. The first-order chi connectivity index (χ1) is 12.2. The van der Waals surface area contributed by atoms with Gasteiger partial charge in [0.05, 0.1) is 14.2 Å². The topological polar surface area (TPSA) is 47.6 Å². The summed E-state index contributed by atoms with van der Waals surface area (Å²) < 4.78 is 10.7. The van der Waals surface area contributed by atoms with Gasteiger partial charge in [-0.3, -0.25) is 4.79 Å². The van der Waals surface area contributed by atoms with Crippen LogP contribution in [0.25, 0.3) is 0 Å². The van der Waals surface area contributed by atoms with Crippen LogP contribution in [0.3, 0.4) is 0 Å². The second-order valence-electron chi connectivity index (χ2n) is 7.59. The molecular formula is C22H29NO3. The first kappa shape index (κ1) is 19.8. The summed E-state index contributed by atoms with van der Waals surface area (Å²) in [5, 5.41) is 2.98. The fraction of sp³-hybridized carbons (Fsp3) is 0.409. The van der Waals surface area contributed by atoms with Gasteiger partial charge >= 0.3 is 0 Å². The molecule has 0 saturated heterocycles. The molecule has 0 bridgehead atoms. The van der Waals surface area contributed by atoms with Crippen molar-refractivity contribution in [3.8, 4) is 11.5 Å². The standard InChI is InChI=1S/C22H29NO3/c1-15(19-12-11-18(25-5)14-20(19)26-6)13-21(24)23-17-9-7-16(8-10-17)22(2,3)4/h7-12,14-15H,13H2,1-6H3,(H,23,24). The fourth-order valence-electron chi connectivity index (χ4n) is 2.88. The van der Waals surface area contributed by atoms with E-state index in [4.69, 9.17) is 9.47 Å². The molecule has 0 saturated carbocycles. The van der Waals surface area contributed by atoms with Gasteiger partial charge in [0.1, 0.15) is 11.5 Å². The van der Waals surface area contributed by atoms with Gasteiger partial charge in [0, 0.05) is 18.2 Å². The number of benzene rings is 2. The van der Waals surface area contributed by atoms with E-state index in [1.807, 2.05) is 37.3 Å². The zero-order chi connectivity index (χ0) is 19.3. The Hall–Kier alpha value is -2.49. The minimum Gasteiger partial charge on any atom is -0.497 e. The van der Waals surface area contributed by atoms with Crippen molar-refractivity contribution in [1.82, 2.24) is 0 Å². The molecule has 140 valence electrons. The second-order valence-corrected chi connectivity index (χ2v) is 7.59. The average Bonchev–Trinajstić information content (AvgIpc) is 2.60. The largest absolute Gasteiger partial charge is 0.497 e. The van der Waals surface area contributed by atoms with Crippen LogP contribution < -0.4 is 14.8 Å². The quantitative estimate of drug-likeness (QED) is 0.781. The van der Waals surface area contributed by atoms with Crippen molar-refractivity contribution in [2.24, 2.45) is 0 Å². The molecule has 0 aliphatic carbocycles. The molecule has 1 N–H and O–H groups in total. The highest BCUT2D eigenvalue weighted by Gasteiger charge is 2.17. The highest BCUT2D eigenvalue weighted by atomic mass is 16.5. The van der Waals surface area contributed by atoms with Crippen molar-refractivity contribution < 1.29 is 14.3 Å². The summed E-state index contributed by atoms with van der Waals surface area (Å²) in [7, 11) is 3.25. The van der Waals surface area contributed by atoms with Crippen molar-refractivity contribution in [2.45, 2.75) is 45.4 Å². The number of carbonyl (C=O) groups excluding carboxylic acids is 1. The first-order valence-electron chi connectivity index (χ1n) is 8.87. The van der Waals surface area contributed by atoms with Crippen LogP contribution in [0.5, 0.6) is 11.5 Å². The Balaban J connectivity index is 2.03. The lowest BCUT2D eigenvalue weighted by atomic mass is 9.87. The van der Waals surface area contributed by atoms with Crippen molar-refractivity contribution in [3.63, 3.8) is 0 Å². The molecule has 0 heterocycles. The summed E-state index contributed by atoms with van der Waals surface area (Å²) in [5.74, 6) is 1.49. The van der Waals surface area contributed by atoms with Gasteiger partial charge in [-0.15, -0.1) is 0 Å². The van der Waals surface area contributed by atoms with Crippen LogP contribution in [0, 0.1) is 0 Å². The first-order valence-corrected chi connectivity index (χ1v) is 8.87. The van der Waals surface area contributed by atoms with Crippen LogP contribution >= 0.6 is 0 Å². The average molecular weight is 355 g/mol. The Morgan fingerprint density at radius 3 is 2.23 bits per heavy atom. The van der Waals surface area contributed by atoms with Crippen LogP contribution in [-0.2, 0) is 10.2 Å². The SMILES string of the molecule is COc1ccc(C(C)CC(=O)Nc2ccc(C(C)(C)C)cc2)c(OC)c1. The van der Waals surface area contributed by atoms with E-state index in [2.05, 4.69) is 38.2 Å². The molecule has 1 atom stereocenters. The summed E-state index contributed by atoms with van der Waals surface area (Å²) in [6.45, 7) is 8.53. The molecule has 0 fully saturated rings. The van der Waals surface area contributed by atoms with Crippen molar-refractivity contribution in [1.29, 1.82) is 0 Å². The molecule has 0 aliphatic heterocycles. The molecule has 0 aliphatic rings. The molecular weight excluding hydrogens is 326 g/mol. The molecule has 2 rings (SSSR count). The van der Waals surface area contributed by atoms with Gasteiger partial charge in [0.15, 0.2) is 0 Å². The number of carbonyl (C=O) groups is 1. The molecule has 2 aromatic carbocycles. The predicted octanol–water partition coefficient (Wildman–Crippen LogP) is 5.13. The van der Waals surface area contributed by atoms with Crippen LogP contribution in [0.2, 0.25) is 0 Å². The van der Waals surface area contributed by atoms with Gasteiger partial charge in [-0.25, -0.2) is 0 Å². The van der Waals surface area contributed by atoms with Gasteiger partial charge in [-0.2, -0.15) is 0 Å². The van der Waals surface area contributed by atoms with Crippen LogP contribution in [0.15, 0.2) is 42.5 Å². The Kier molecular flexibility index (Phi) is 6.30. The van der Waals surface area contributed by atoms with Crippen LogP contribution in [-0.4, -0.2) is 20.1 Å². The maximum Gasteiger partial charge on any atom is 0.224 e. The zero-order valence-electron chi connectivity index (χ0n) is 16.6. The number of nitrogens with one attached hydrogen (secondary N) is 1. The lowest BCUT2D eigenvalue weighted by molar-refractivity contribution is -0.116. The predicted molar refractivity (Wildman–Crippen MR) is 106 cm³/mol. The summed E-state index contributed by atoms with van der Waals surface area (Å²) in [4.78, 5) is 12.4. The van der Waals surface area contributed by atoms with E-state index >= 15 is 0 Å². The van der Waals surface area contributed by atoms with E-state index in [9.17, 15) is 4.79 Å². The van der Waals surface area contributed by atoms with Gasteiger partial charge < -0.3 is 14.8 Å². The van der Waals surface area contributed by atoms with E-state index in [0.29, 0.717) is 6.42 Å². The van der Waals surface area contributed by atoms with Crippen LogP contribution in [0.4, 0.5) is 5.69 Å². The van der Waals surface area contributed by atoms with E-state index in [1.54, 1.807) is 14.2 Å². The number of hydrogen-bond acceptors (Lipinski definition) is 3. The number of rotatable bonds is 6. The Morgan fingerprint density at radius 1 is 1.04 bits per heavy atom. The van der Waals surface area contributed by atoms with Gasteiger partial charge in [0.2, 0.25) is 5.91 Å². The lowest BCUT2D eigenvalue weighted by Crippen LogP contribution is -2.15. The molecule has 0 radical (unpaired) electrons. The van der Waals surface area contributed by atoms with E-state index in [0.717, 1.165) is 22.7 Å². The van der Waals surface area contributed by atoms with E-state index in [1.165, 1.54) is 5.56 Å². The van der Waals surface area contributed by atoms with Crippen molar-refractivity contribution >= 4 is 11.6 Å². The molecule has 4 heteroatoms. The number of anilines is 1. The molecule has 1 amide bonds. The van der Waals surface area contributed by atoms with E-state index in [-0.39, 0.29) is 17.2 Å². The molecule has 4 nitrogen and oxygen atoms in total. The minimum atomic E-state index is -0.0149. The monoisotopic (exact) mass is 355 g/mol. The third-order valence-corrected chi connectivity index (χ3v) is 4.50. The summed E-state index contributed by atoms with van der Waals surface area (Å²) in [6.07, 6.45) is 0.379. The highest BCUT2D eigenvalue weighted by Crippen LogP contribution is 2.32. The summed E-state index contributed by atoms with van der Waals surface area (Å²) >= 11 is 0. The molecule has 2 aromatic rings. The lowest BCUT2D eigenvalue weighted by Gasteiger charge is -2.19.